The molecule has 1 atom stereocenters. The zero-order chi connectivity index (χ0) is 8.43. The third-order valence-corrected chi connectivity index (χ3v) is 1.53. The van der Waals surface area contributed by atoms with Crippen LogP contribution >= 0.6 is 0 Å². The largest absolute Gasteiger partial charge is 0.382 e. The fraction of sp³-hybridized carbons (Fsp3) is 0.429. The molecule has 1 unspecified atom stereocenters. The lowest BCUT2D eigenvalue weighted by Gasteiger charge is -2.04. The smallest absolute Gasteiger partial charge is 0.255 e. The van der Waals surface area contributed by atoms with E-state index in [1.165, 1.54) is 7.11 Å². The van der Waals surface area contributed by atoms with Gasteiger partial charge < -0.3 is 10.1 Å². The van der Waals surface area contributed by atoms with Gasteiger partial charge in [-0.25, -0.2) is 0 Å². The molecule has 4 heteroatoms. The normalized spacial score (nSPS) is 24.1. The number of ketones is 1. The lowest BCUT2D eigenvalue weighted by atomic mass is 10.1. The van der Waals surface area contributed by atoms with E-state index in [1.54, 1.807) is 0 Å². The van der Waals surface area contributed by atoms with Crippen LogP contribution in [0.1, 0.15) is 0 Å². The van der Waals surface area contributed by atoms with Crippen LogP contribution in [0.25, 0.3) is 0 Å². The fourth-order valence-corrected chi connectivity index (χ4v) is 0.917. The molecular formula is C7H9NO3. The van der Waals surface area contributed by atoms with Gasteiger partial charge in [-0.2, -0.15) is 0 Å². The molecule has 60 valence electrons. The van der Waals surface area contributed by atoms with Crippen molar-refractivity contribution in [3.05, 3.63) is 12.2 Å². The molecular weight excluding hydrogens is 146 g/mol. The second-order valence-electron chi connectivity index (χ2n) is 2.32. The molecule has 1 N–H and O–H groups in total. The van der Waals surface area contributed by atoms with E-state index >= 15 is 0 Å². The van der Waals surface area contributed by atoms with Crippen molar-refractivity contribution in [3.63, 3.8) is 0 Å². The van der Waals surface area contributed by atoms with Gasteiger partial charge in [-0.1, -0.05) is 6.58 Å². The molecule has 0 saturated carbocycles. The maximum atomic E-state index is 11.0. The van der Waals surface area contributed by atoms with Gasteiger partial charge in [-0.05, 0) is 0 Å². The molecule has 1 heterocycles. The van der Waals surface area contributed by atoms with Crippen molar-refractivity contribution in [1.29, 1.82) is 0 Å². The number of rotatable bonds is 2. The molecule has 11 heavy (non-hydrogen) atoms. The molecule has 0 bridgehead atoms. The molecule has 1 amide bonds. The van der Waals surface area contributed by atoms with Crippen molar-refractivity contribution in [2.24, 2.45) is 0 Å². The van der Waals surface area contributed by atoms with Crippen molar-refractivity contribution in [2.45, 2.75) is 6.04 Å². The third-order valence-electron chi connectivity index (χ3n) is 1.53. The summed E-state index contributed by atoms with van der Waals surface area (Å²) in [5.74, 6) is -0.658. The fourth-order valence-electron chi connectivity index (χ4n) is 0.917. The first-order valence-electron chi connectivity index (χ1n) is 3.19. The van der Waals surface area contributed by atoms with E-state index in [4.69, 9.17) is 4.74 Å². The minimum Gasteiger partial charge on any atom is -0.382 e. The average Bonchev–Trinajstić information content (AvgIpc) is 2.19. The van der Waals surface area contributed by atoms with Crippen molar-refractivity contribution >= 4 is 11.7 Å². The summed E-state index contributed by atoms with van der Waals surface area (Å²) in [5, 5.41) is 2.44. The first kappa shape index (κ1) is 7.94. The van der Waals surface area contributed by atoms with Crippen molar-refractivity contribution in [1.82, 2.24) is 5.32 Å². The third kappa shape index (κ3) is 1.30. The Kier molecular flexibility index (Phi) is 2.05. The summed E-state index contributed by atoms with van der Waals surface area (Å²) in [5.41, 5.74) is 0.0204. The molecule has 0 aromatic rings. The lowest BCUT2D eigenvalue weighted by Crippen LogP contribution is -2.33. The molecule has 4 nitrogen and oxygen atoms in total. The quantitative estimate of drug-likeness (QED) is 0.422. The summed E-state index contributed by atoms with van der Waals surface area (Å²) >= 11 is 0. The van der Waals surface area contributed by atoms with Crippen LogP contribution in [0.5, 0.6) is 0 Å². The van der Waals surface area contributed by atoms with E-state index < -0.39 is 11.9 Å². The van der Waals surface area contributed by atoms with Gasteiger partial charge in [0, 0.05) is 7.11 Å². The van der Waals surface area contributed by atoms with Gasteiger partial charge in [0.25, 0.3) is 5.91 Å². The Hall–Kier alpha value is -1.16. The Morgan fingerprint density at radius 2 is 2.27 bits per heavy atom. The van der Waals surface area contributed by atoms with Crippen LogP contribution in [-0.4, -0.2) is 31.4 Å². The van der Waals surface area contributed by atoms with Crippen molar-refractivity contribution in [3.8, 4) is 0 Å². The highest BCUT2D eigenvalue weighted by molar-refractivity contribution is 6.26. The Morgan fingerprint density at radius 1 is 1.64 bits per heavy atom. The predicted octanol–water partition coefficient (Wildman–Crippen LogP) is -0.744. The number of carbonyl (C=O) groups excluding carboxylic acids is 2. The minimum atomic E-state index is -0.528. The van der Waals surface area contributed by atoms with Gasteiger partial charge in [0.15, 0.2) is 5.78 Å². The van der Waals surface area contributed by atoms with Crippen molar-refractivity contribution < 1.29 is 14.3 Å². The van der Waals surface area contributed by atoms with E-state index in [0.717, 1.165) is 0 Å². The molecule has 1 fully saturated rings. The molecule has 1 aliphatic rings. The maximum absolute atomic E-state index is 11.0. The zero-order valence-electron chi connectivity index (χ0n) is 6.22. The van der Waals surface area contributed by atoms with Gasteiger partial charge >= 0.3 is 0 Å². The first-order chi connectivity index (χ1) is 5.16. The summed E-state index contributed by atoms with van der Waals surface area (Å²) < 4.78 is 4.72. The second kappa shape index (κ2) is 2.84. The number of hydrogen-bond acceptors (Lipinski definition) is 3. The Labute approximate surface area is 64.2 Å². The molecule has 0 aliphatic carbocycles. The van der Waals surface area contributed by atoms with Gasteiger partial charge in [-0.15, -0.1) is 0 Å². The van der Waals surface area contributed by atoms with E-state index in [2.05, 4.69) is 11.9 Å². The standard InChI is InChI=1S/C7H9NO3/c1-4-6(9)5(3-11-2)8-7(4)10/h5H,1,3H2,2H3,(H,8,10). The number of methoxy groups -OCH3 is 1. The van der Waals surface area contributed by atoms with Gasteiger partial charge in [-0.3, -0.25) is 9.59 Å². The highest BCUT2D eigenvalue weighted by Crippen LogP contribution is 2.07. The summed E-state index contributed by atoms with van der Waals surface area (Å²) in [6.07, 6.45) is 0. The molecule has 0 aromatic heterocycles. The number of amides is 1. The molecule has 1 aliphatic heterocycles. The van der Waals surface area contributed by atoms with Crippen LogP contribution in [0.3, 0.4) is 0 Å². The van der Waals surface area contributed by atoms with E-state index in [1.807, 2.05) is 0 Å². The number of hydrogen-bond donors (Lipinski definition) is 1. The van der Waals surface area contributed by atoms with E-state index in [-0.39, 0.29) is 18.0 Å². The van der Waals surface area contributed by atoms with Gasteiger partial charge in [0.1, 0.15) is 6.04 Å². The summed E-state index contributed by atoms with van der Waals surface area (Å²) in [6.45, 7) is 3.54. The molecule has 0 radical (unpaired) electrons. The van der Waals surface area contributed by atoms with Gasteiger partial charge in [0.05, 0.1) is 12.2 Å². The monoisotopic (exact) mass is 155 g/mol. The van der Waals surface area contributed by atoms with E-state index in [0.29, 0.717) is 0 Å². The van der Waals surface area contributed by atoms with Crippen LogP contribution in [0.2, 0.25) is 0 Å². The number of carbonyl (C=O) groups is 2. The molecule has 0 aromatic carbocycles. The summed E-state index contributed by atoms with van der Waals surface area (Å²) in [6, 6.07) is -0.528. The van der Waals surface area contributed by atoms with Crippen LogP contribution in [0.15, 0.2) is 12.2 Å². The highest BCUT2D eigenvalue weighted by atomic mass is 16.5. The van der Waals surface area contributed by atoms with Crippen molar-refractivity contribution in [2.75, 3.05) is 13.7 Å². The minimum absolute atomic E-state index is 0.0204. The van der Waals surface area contributed by atoms with Crippen LogP contribution in [-0.2, 0) is 14.3 Å². The number of Topliss-reactive ketones (excluding diaryl/α,β-unsaturated/α-hetero) is 1. The van der Waals surface area contributed by atoms with Crippen LogP contribution in [0.4, 0.5) is 0 Å². The molecule has 1 rings (SSSR count). The van der Waals surface area contributed by atoms with Crippen LogP contribution < -0.4 is 5.32 Å². The zero-order valence-corrected chi connectivity index (χ0v) is 6.22. The Balaban J connectivity index is 2.67. The number of nitrogens with one attached hydrogen (secondary N) is 1. The van der Waals surface area contributed by atoms with Crippen LogP contribution in [0, 0.1) is 0 Å². The van der Waals surface area contributed by atoms with E-state index in [9.17, 15) is 9.59 Å². The SMILES string of the molecule is C=C1C(=O)NC(COC)C1=O. The summed E-state index contributed by atoms with van der Waals surface area (Å²) in [4.78, 5) is 21.8. The highest BCUT2D eigenvalue weighted by Gasteiger charge is 2.33. The molecule has 1 saturated heterocycles. The Morgan fingerprint density at radius 3 is 2.64 bits per heavy atom. The summed E-state index contributed by atoms with van der Waals surface area (Å²) in [7, 11) is 1.47. The average molecular weight is 155 g/mol. The Bertz CT molecular complexity index is 222. The lowest BCUT2D eigenvalue weighted by molar-refractivity contribution is -0.117. The topological polar surface area (TPSA) is 55.4 Å². The maximum Gasteiger partial charge on any atom is 0.255 e. The predicted molar refractivity (Wildman–Crippen MR) is 38.0 cm³/mol. The van der Waals surface area contributed by atoms with Gasteiger partial charge in [0.2, 0.25) is 0 Å². The molecule has 0 spiro atoms. The first-order valence-corrected chi connectivity index (χ1v) is 3.19. The number of ether oxygens (including phenoxy) is 1. The second-order valence-corrected chi connectivity index (χ2v) is 2.32.